The zero-order chi connectivity index (χ0) is 19.4. The molecule has 1 fully saturated rings. The highest BCUT2D eigenvalue weighted by Crippen LogP contribution is 2.19. The van der Waals surface area contributed by atoms with Crippen molar-refractivity contribution >= 4 is 11.8 Å². The molecule has 0 radical (unpaired) electrons. The number of benzene rings is 1. The lowest BCUT2D eigenvalue weighted by molar-refractivity contribution is -0.120. The van der Waals surface area contributed by atoms with E-state index in [2.05, 4.69) is 17.2 Å². The number of likely N-dealkylation sites (tertiary alicyclic amines) is 1. The molecule has 0 aliphatic carbocycles. The molecule has 27 heavy (non-hydrogen) atoms. The molecule has 7 heteroatoms. The number of aryl methyl sites for hydroxylation is 1. The Bertz CT molecular complexity index is 826. The number of piperidine rings is 1. The van der Waals surface area contributed by atoms with Crippen LogP contribution in [0.5, 0.6) is 0 Å². The van der Waals surface area contributed by atoms with Crippen molar-refractivity contribution in [3.05, 3.63) is 53.0 Å². The SMILES string of the molecule is Cc1oc(CNC(=O)Cc2cccc(F)c2)nc1C(=O)N1CCC(C)CC1. The molecular formula is C20H24FN3O3. The normalized spacial score (nSPS) is 15.0. The van der Waals surface area contributed by atoms with E-state index in [4.69, 9.17) is 4.42 Å². The minimum Gasteiger partial charge on any atom is -0.443 e. The molecule has 0 unspecified atom stereocenters. The molecule has 2 aromatic rings. The van der Waals surface area contributed by atoms with Gasteiger partial charge in [0, 0.05) is 13.1 Å². The number of aromatic nitrogens is 1. The summed E-state index contributed by atoms with van der Waals surface area (Å²) in [7, 11) is 0. The van der Waals surface area contributed by atoms with Crippen molar-refractivity contribution in [1.29, 1.82) is 0 Å². The second kappa shape index (κ2) is 8.33. The Labute approximate surface area is 157 Å². The molecule has 0 saturated carbocycles. The van der Waals surface area contributed by atoms with E-state index in [1.165, 1.54) is 12.1 Å². The molecule has 0 bridgehead atoms. The van der Waals surface area contributed by atoms with Gasteiger partial charge in [-0.15, -0.1) is 0 Å². The van der Waals surface area contributed by atoms with E-state index in [9.17, 15) is 14.0 Å². The second-order valence-electron chi connectivity index (χ2n) is 7.07. The average Bonchev–Trinajstić information content (AvgIpc) is 3.01. The van der Waals surface area contributed by atoms with Gasteiger partial charge in [-0.05, 0) is 43.4 Å². The van der Waals surface area contributed by atoms with Gasteiger partial charge in [0.25, 0.3) is 5.91 Å². The molecule has 144 valence electrons. The number of rotatable bonds is 5. The van der Waals surface area contributed by atoms with Gasteiger partial charge in [0.2, 0.25) is 11.8 Å². The van der Waals surface area contributed by atoms with Gasteiger partial charge in [-0.1, -0.05) is 19.1 Å². The van der Waals surface area contributed by atoms with Crippen LogP contribution in [0, 0.1) is 18.7 Å². The van der Waals surface area contributed by atoms with Gasteiger partial charge in [-0.3, -0.25) is 9.59 Å². The van der Waals surface area contributed by atoms with E-state index in [0.29, 0.717) is 22.9 Å². The van der Waals surface area contributed by atoms with Crippen molar-refractivity contribution in [2.45, 2.75) is 39.7 Å². The summed E-state index contributed by atoms with van der Waals surface area (Å²) >= 11 is 0. The highest BCUT2D eigenvalue weighted by atomic mass is 19.1. The van der Waals surface area contributed by atoms with Crippen LogP contribution in [0.3, 0.4) is 0 Å². The van der Waals surface area contributed by atoms with Gasteiger partial charge in [-0.2, -0.15) is 0 Å². The van der Waals surface area contributed by atoms with E-state index in [1.807, 2.05) is 0 Å². The summed E-state index contributed by atoms with van der Waals surface area (Å²) in [4.78, 5) is 30.7. The summed E-state index contributed by atoms with van der Waals surface area (Å²) in [5, 5.41) is 2.69. The van der Waals surface area contributed by atoms with Gasteiger partial charge >= 0.3 is 0 Å². The van der Waals surface area contributed by atoms with Crippen LogP contribution in [0.4, 0.5) is 4.39 Å². The summed E-state index contributed by atoms with van der Waals surface area (Å²) in [6, 6.07) is 5.91. The summed E-state index contributed by atoms with van der Waals surface area (Å²) in [5.41, 5.74) is 0.894. The first-order chi connectivity index (χ1) is 12.9. The van der Waals surface area contributed by atoms with Crippen LogP contribution in [0.1, 0.15) is 47.5 Å². The van der Waals surface area contributed by atoms with Crippen molar-refractivity contribution in [2.75, 3.05) is 13.1 Å². The maximum absolute atomic E-state index is 13.2. The summed E-state index contributed by atoms with van der Waals surface area (Å²) in [6.07, 6.45) is 2.05. The fourth-order valence-corrected chi connectivity index (χ4v) is 3.16. The molecule has 0 atom stereocenters. The van der Waals surface area contributed by atoms with E-state index in [0.717, 1.165) is 25.9 Å². The number of halogens is 1. The van der Waals surface area contributed by atoms with Crippen molar-refractivity contribution in [3.8, 4) is 0 Å². The third kappa shape index (κ3) is 4.93. The first-order valence-electron chi connectivity index (χ1n) is 9.19. The van der Waals surface area contributed by atoms with E-state index in [1.54, 1.807) is 24.0 Å². The molecular weight excluding hydrogens is 349 g/mol. The van der Waals surface area contributed by atoms with Crippen molar-refractivity contribution in [2.24, 2.45) is 5.92 Å². The van der Waals surface area contributed by atoms with Crippen molar-refractivity contribution in [1.82, 2.24) is 15.2 Å². The molecule has 1 aliphatic heterocycles. The quantitative estimate of drug-likeness (QED) is 0.874. The maximum atomic E-state index is 13.2. The minimum atomic E-state index is -0.376. The van der Waals surface area contributed by atoms with Gasteiger partial charge in [0.15, 0.2) is 5.69 Å². The van der Waals surface area contributed by atoms with Crippen LogP contribution in [0.2, 0.25) is 0 Å². The fourth-order valence-electron chi connectivity index (χ4n) is 3.16. The van der Waals surface area contributed by atoms with Crippen LogP contribution < -0.4 is 5.32 Å². The molecule has 1 aromatic carbocycles. The lowest BCUT2D eigenvalue weighted by atomic mass is 9.99. The molecule has 6 nitrogen and oxygen atoms in total. The summed E-state index contributed by atoms with van der Waals surface area (Å²) in [6.45, 7) is 5.43. The van der Waals surface area contributed by atoms with Crippen molar-refractivity contribution in [3.63, 3.8) is 0 Å². The van der Waals surface area contributed by atoms with Crippen LogP contribution in [-0.2, 0) is 17.8 Å². The second-order valence-corrected chi connectivity index (χ2v) is 7.07. The monoisotopic (exact) mass is 373 g/mol. The van der Waals surface area contributed by atoms with Gasteiger partial charge in [0.05, 0.1) is 13.0 Å². The zero-order valence-electron chi connectivity index (χ0n) is 15.6. The predicted octanol–water partition coefficient (Wildman–Crippen LogP) is 2.85. The summed E-state index contributed by atoms with van der Waals surface area (Å²) < 4.78 is 18.7. The van der Waals surface area contributed by atoms with Crippen LogP contribution in [-0.4, -0.2) is 34.8 Å². The lowest BCUT2D eigenvalue weighted by Crippen LogP contribution is -2.38. The van der Waals surface area contributed by atoms with Crippen LogP contribution in [0.15, 0.2) is 28.7 Å². The molecule has 2 heterocycles. The number of amides is 2. The van der Waals surface area contributed by atoms with E-state index in [-0.39, 0.29) is 36.5 Å². The van der Waals surface area contributed by atoms with Crippen LogP contribution in [0.25, 0.3) is 0 Å². The van der Waals surface area contributed by atoms with Crippen molar-refractivity contribution < 1.29 is 18.4 Å². The maximum Gasteiger partial charge on any atom is 0.276 e. The highest BCUT2D eigenvalue weighted by Gasteiger charge is 2.26. The number of hydrogen-bond donors (Lipinski definition) is 1. The smallest absolute Gasteiger partial charge is 0.276 e. The lowest BCUT2D eigenvalue weighted by Gasteiger charge is -2.29. The zero-order valence-corrected chi connectivity index (χ0v) is 15.6. The topological polar surface area (TPSA) is 75.4 Å². The molecule has 0 spiro atoms. The molecule has 1 aliphatic rings. The number of nitrogens with one attached hydrogen (secondary N) is 1. The highest BCUT2D eigenvalue weighted by molar-refractivity contribution is 5.93. The standard InChI is InChI=1S/C20H24FN3O3/c1-13-6-8-24(9-7-13)20(26)19-14(2)27-18(23-19)12-22-17(25)11-15-4-3-5-16(21)10-15/h3-5,10,13H,6-9,11-12H2,1-2H3,(H,22,25). The van der Waals surface area contributed by atoms with Crippen LogP contribution >= 0.6 is 0 Å². The number of oxazole rings is 1. The summed E-state index contributed by atoms with van der Waals surface area (Å²) in [5.74, 6) is 0.604. The number of nitrogens with zero attached hydrogens (tertiary/aromatic N) is 2. The fraction of sp³-hybridized carbons (Fsp3) is 0.450. The minimum absolute atomic E-state index is 0.0647. The Morgan fingerprint density at radius 3 is 2.78 bits per heavy atom. The third-order valence-corrected chi connectivity index (χ3v) is 4.80. The Kier molecular flexibility index (Phi) is 5.88. The molecule has 1 saturated heterocycles. The predicted molar refractivity (Wildman–Crippen MR) is 97.5 cm³/mol. The molecule has 3 rings (SSSR count). The first kappa shape index (κ1) is 19.1. The van der Waals surface area contributed by atoms with E-state index < -0.39 is 0 Å². The molecule has 1 N–H and O–H groups in total. The average molecular weight is 373 g/mol. The van der Waals surface area contributed by atoms with E-state index >= 15 is 0 Å². The van der Waals surface area contributed by atoms with Gasteiger partial charge in [0.1, 0.15) is 11.6 Å². The molecule has 1 aromatic heterocycles. The Balaban J connectivity index is 1.56. The Morgan fingerprint density at radius 1 is 1.33 bits per heavy atom. The number of hydrogen-bond acceptors (Lipinski definition) is 4. The Morgan fingerprint density at radius 2 is 2.07 bits per heavy atom. The molecule has 2 amide bonds. The third-order valence-electron chi connectivity index (χ3n) is 4.80. The largest absolute Gasteiger partial charge is 0.443 e. The Hall–Kier alpha value is -2.70. The number of carbonyl (C=O) groups excluding carboxylic acids is 2. The van der Waals surface area contributed by atoms with Gasteiger partial charge < -0.3 is 14.6 Å². The van der Waals surface area contributed by atoms with Gasteiger partial charge in [-0.25, -0.2) is 9.37 Å². The first-order valence-corrected chi connectivity index (χ1v) is 9.19. The number of carbonyl (C=O) groups is 2.